The third-order valence-corrected chi connectivity index (χ3v) is 4.15. The highest BCUT2D eigenvalue weighted by molar-refractivity contribution is 5.97. The molecule has 0 unspecified atom stereocenters. The number of nitrogens with one attached hydrogen (secondary N) is 3. The van der Waals surface area contributed by atoms with Gasteiger partial charge in [-0.05, 0) is 23.3 Å². The summed E-state index contributed by atoms with van der Waals surface area (Å²) in [5.41, 5.74) is 1.69. The second kappa shape index (κ2) is 8.82. The van der Waals surface area contributed by atoms with Crippen molar-refractivity contribution < 1.29 is 14.0 Å². The first-order chi connectivity index (χ1) is 13.2. The number of carbonyl (C=O) groups is 2. The van der Waals surface area contributed by atoms with Gasteiger partial charge in [0.1, 0.15) is 11.8 Å². The molecule has 0 radical (unpaired) electrons. The molecule has 0 bridgehead atoms. The van der Waals surface area contributed by atoms with Crippen LogP contribution in [-0.2, 0) is 4.79 Å². The molecule has 6 heteroatoms. The SMILES string of the molecule is CNC(=O)NC(=O)[C@H](N[C@H](c1ccccc1)c1ccco1)c1ccccc1. The van der Waals surface area contributed by atoms with Crippen molar-refractivity contribution in [3.8, 4) is 0 Å². The van der Waals surface area contributed by atoms with Gasteiger partial charge < -0.3 is 9.73 Å². The molecule has 3 aromatic rings. The van der Waals surface area contributed by atoms with Crippen LogP contribution in [0, 0.1) is 0 Å². The lowest BCUT2D eigenvalue weighted by molar-refractivity contribution is -0.122. The highest BCUT2D eigenvalue weighted by Crippen LogP contribution is 2.26. The van der Waals surface area contributed by atoms with E-state index in [1.54, 1.807) is 12.3 Å². The van der Waals surface area contributed by atoms with Gasteiger partial charge in [-0.2, -0.15) is 0 Å². The molecule has 0 saturated heterocycles. The van der Waals surface area contributed by atoms with Gasteiger partial charge in [0.15, 0.2) is 0 Å². The minimum atomic E-state index is -0.751. The number of hydrogen-bond acceptors (Lipinski definition) is 4. The molecule has 0 aliphatic carbocycles. The van der Waals surface area contributed by atoms with Gasteiger partial charge >= 0.3 is 6.03 Å². The average molecular weight is 363 g/mol. The lowest BCUT2D eigenvalue weighted by atomic mass is 10.00. The molecule has 2 atom stereocenters. The van der Waals surface area contributed by atoms with E-state index in [2.05, 4.69) is 16.0 Å². The Balaban J connectivity index is 1.95. The fraction of sp³-hybridized carbons (Fsp3) is 0.143. The molecule has 138 valence electrons. The monoisotopic (exact) mass is 363 g/mol. The molecule has 3 amide bonds. The molecule has 3 N–H and O–H groups in total. The van der Waals surface area contributed by atoms with E-state index in [0.29, 0.717) is 5.76 Å². The standard InChI is InChI=1S/C21H21N3O3/c1-22-21(26)24-20(25)19(16-11-6-3-7-12-16)23-18(17-13-8-14-27-17)15-9-4-2-5-10-15/h2-14,18-19,23H,1H3,(H2,22,24,25,26)/t18-,19-/m1/s1. The van der Waals surface area contributed by atoms with Crippen molar-refractivity contribution >= 4 is 11.9 Å². The Kier molecular flexibility index (Phi) is 6.02. The lowest BCUT2D eigenvalue weighted by Gasteiger charge is -2.24. The van der Waals surface area contributed by atoms with E-state index in [-0.39, 0.29) is 6.04 Å². The summed E-state index contributed by atoms with van der Waals surface area (Å²) in [6.07, 6.45) is 1.59. The highest BCUT2D eigenvalue weighted by Gasteiger charge is 2.27. The average Bonchev–Trinajstić information content (AvgIpc) is 3.24. The van der Waals surface area contributed by atoms with Crippen LogP contribution in [0.4, 0.5) is 4.79 Å². The Morgan fingerprint density at radius 1 is 0.852 bits per heavy atom. The molecule has 3 rings (SSSR count). The molecule has 0 aliphatic rings. The van der Waals surface area contributed by atoms with Crippen molar-refractivity contribution in [2.45, 2.75) is 12.1 Å². The molecule has 1 heterocycles. The molecular formula is C21H21N3O3. The first-order valence-corrected chi connectivity index (χ1v) is 8.61. The normalized spacial score (nSPS) is 12.8. The summed E-state index contributed by atoms with van der Waals surface area (Å²) in [6, 6.07) is 20.9. The van der Waals surface area contributed by atoms with Crippen LogP contribution in [0.3, 0.4) is 0 Å². The van der Waals surface area contributed by atoms with E-state index in [0.717, 1.165) is 11.1 Å². The van der Waals surface area contributed by atoms with Crippen molar-refractivity contribution in [1.29, 1.82) is 0 Å². The maximum Gasteiger partial charge on any atom is 0.321 e. The van der Waals surface area contributed by atoms with Gasteiger partial charge in [-0.25, -0.2) is 4.79 Å². The Morgan fingerprint density at radius 3 is 2.04 bits per heavy atom. The number of hydrogen-bond donors (Lipinski definition) is 3. The van der Waals surface area contributed by atoms with Crippen LogP contribution in [0.5, 0.6) is 0 Å². The number of furan rings is 1. The molecular weight excluding hydrogens is 342 g/mol. The number of benzene rings is 2. The molecule has 0 fully saturated rings. The van der Waals surface area contributed by atoms with Crippen LogP contribution >= 0.6 is 0 Å². The molecule has 0 aliphatic heterocycles. The zero-order chi connectivity index (χ0) is 19.1. The molecule has 27 heavy (non-hydrogen) atoms. The summed E-state index contributed by atoms with van der Waals surface area (Å²) in [7, 11) is 1.46. The molecule has 1 aromatic heterocycles. The van der Waals surface area contributed by atoms with Gasteiger partial charge in [0.2, 0.25) is 5.91 Å². The Morgan fingerprint density at radius 2 is 1.48 bits per heavy atom. The topological polar surface area (TPSA) is 83.4 Å². The zero-order valence-electron chi connectivity index (χ0n) is 14.9. The zero-order valence-corrected chi connectivity index (χ0v) is 14.9. The van der Waals surface area contributed by atoms with E-state index in [9.17, 15) is 9.59 Å². The summed E-state index contributed by atoms with van der Waals surface area (Å²) in [5, 5.41) is 8.08. The van der Waals surface area contributed by atoms with Crippen LogP contribution in [0.1, 0.15) is 29.0 Å². The second-order valence-corrected chi connectivity index (χ2v) is 5.94. The van der Waals surface area contributed by atoms with Crippen molar-refractivity contribution in [2.24, 2.45) is 0 Å². The third kappa shape index (κ3) is 4.62. The Bertz CT molecular complexity index is 864. The summed E-state index contributed by atoms with van der Waals surface area (Å²) in [5.74, 6) is 0.225. The predicted octanol–water partition coefficient (Wildman–Crippen LogP) is 3.16. The number of rotatable bonds is 6. The minimum Gasteiger partial charge on any atom is -0.467 e. The van der Waals surface area contributed by atoms with Crippen LogP contribution in [0.2, 0.25) is 0 Å². The fourth-order valence-electron chi connectivity index (χ4n) is 2.83. The van der Waals surface area contributed by atoms with Gasteiger partial charge in [-0.1, -0.05) is 60.7 Å². The second-order valence-electron chi connectivity index (χ2n) is 5.94. The van der Waals surface area contributed by atoms with Crippen molar-refractivity contribution in [3.05, 3.63) is 95.9 Å². The first-order valence-electron chi connectivity index (χ1n) is 8.61. The number of imide groups is 1. The predicted molar refractivity (Wildman–Crippen MR) is 102 cm³/mol. The fourth-order valence-corrected chi connectivity index (χ4v) is 2.83. The third-order valence-electron chi connectivity index (χ3n) is 4.15. The maximum atomic E-state index is 12.8. The number of urea groups is 1. The van der Waals surface area contributed by atoms with Crippen LogP contribution in [-0.4, -0.2) is 19.0 Å². The smallest absolute Gasteiger partial charge is 0.321 e. The van der Waals surface area contributed by atoms with Gasteiger partial charge in [0, 0.05) is 7.05 Å². The van der Waals surface area contributed by atoms with Crippen LogP contribution in [0.15, 0.2) is 83.5 Å². The minimum absolute atomic E-state index is 0.359. The summed E-state index contributed by atoms with van der Waals surface area (Å²) in [4.78, 5) is 24.4. The van der Waals surface area contributed by atoms with E-state index < -0.39 is 18.0 Å². The summed E-state index contributed by atoms with van der Waals surface area (Å²) in [6.45, 7) is 0. The number of carbonyl (C=O) groups excluding carboxylic acids is 2. The quantitative estimate of drug-likeness (QED) is 0.628. The van der Waals surface area contributed by atoms with E-state index in [1.165, 1.54) is 7.05 Å². The first kappa shape index (κ1) is 18.4. The highest BCUT2D eigenvalue weighted by atomic mass is 16.3. The van der Waals surface area contributed by atoms with E-state index >= 15 is 0 Å². The lowest BCUT2D eigenvalue weighted by Crippen LogP contribution is -2.45. The van der Waals surface area contributed by atoms with Crippen molar-refractivity contribution in [1.82, 2.24) is 16.0 Å². The van der Waals surface area contributed by atoms with Crippen molar-refractivity contribution in [3.63, 3.8) is 0 Å². The Labute approximate surface area is 157 Å². The van der Waals surface area contributed by atoms with Gasteiger partial charge in [-0.15, -0.1) is 0 Å². The van der Waals surface area contributed by atoms with Crippen LogP contribution < -0.4 is 16.0 Å². The van der Waals surface area contributed by atoms with Crippen LogP contribution in [0.25, 0.3) is 0 Å². The van der Waals surface area contributed by atoms with Gasteiger partial charge in [0.25, 0.3) is 0 Å². The summed E-state index contributed by atoms with van der Waals surface area (Å²) >= 11 is 0. The van der Waals surface area contributed by atoms with Crippen molar-refractivity contribution in [2.75, 3.05) is 7.05 Å². The molecule has 2 aromatic carbocycles. The molecule has 6 nitrogen and oxygen atoms in total. The van der Waals surface area contributed by atoms with E-state index in [1.807, 2.05) is 66.7 Å². The summed E-state index contributed by atoms with van der Waals surface area (Å²) < 4.78 is 5.60. The largest absolute Gasteiger partial charge is 0.467 e. The molecule has 0 saturated carbocycles. The van der Waals surface area contributed by atoms with Gasteiger partial charge in [-0.3, -0.25) is 15.4 Å². The Hall–Kier alpha value is -3.38. The number of amides is 3. The van der Waals surface area contributed by atoms with Gasteiger partial charge in [0.05, 0.1) is 12.3 Å². The maximum absolute atomic E-state index is 12.8. The molecule has 0 spiro atoms. The van der Waals surface area contributed by atoms with E-state index in [4.69, 9.17) is 4.42 Å².